The summed E-state index contributed by atoms with van der Waals surface area (Å²) in [6.07, 6.45) is -2.98. The maximum Gasteiger partial charge on any atom is 0.394 e. The van der Waals surface area contributed by atoms with Crippen molar-refractivity contribution < 1.29 is 22.7 Å². The van der Waals surface area contributed by atoms with Crippen LogP contribution in [0.2, 0.25) is 0 Å². The zero-order chi connectivity index (χ0) is 14.8. The fraction of sp³-hybridized carbons (Fsp3) is 0.692. The van der Waals surface area contributed by atoms with Crippen molar-refractivity contribution in [2.45, 2.75) is 31.6 Å². The maximum atomic E-state index is 12.8. The lowest BCUT2D eigenvalue weighted by atomic mass is 10.2. The highest BCUT2D eigenvalue weighted by Gasteiger charge is 2.69. The van der Waals surface area contributed by atoms with Crippen molar-refractivity contribution in [3.8, 4) is 5.88 Å². The number of aromatic nitrogens is 2. The molecule has 1 aromatic heterocycles. The molecule has 1 saturated heterocycles. The van der Waals surface area contributed by atoms with Gasteiger partial charge in [0.1, 0.15) is 0 Å². The second kappa shape index (κ2) is 4.14. The van der Waals surface area contributed by atoms with Crippen molar-refractivity contribution in [1.82, 2.24) is 14.7 Å². The Morgan fingerprint density at radius 1 is 1.38 bits per heavy atom. The Balaban J connectivity index is 1.54. The van der Waals surface area contributed by atoms with Gasteiger partial charge in [-0.25, -0.2) is 4.68 Å². The van der Waals surface area contributed by atoms with Crippen LogP contribution in [0.25, 0.3) is 0 Å². The molecule has 0 bridgehead atoms. The van der Waals surface area contributed by atoms with E-state index in [1.54, 1.807) is 4.68 Å². The minimum atomic E-state index is -4.22. The van der Waals surface area contributed by atoms with E-state index in [4.69, 9.17) is 4.74 Å². The summed E-state index contributed by atoms with van der Waals surface area (Å²) < 4.78 is 45.4. The SMILES string of the molecule is O=C(c1cc2n(n1)CCCO2)N1CCC2C1C2C(F)(F)F. The van der Waals surface area contributed by atoms with Crippen LogP contribution in [0.4, 0.5) is 13.2 Å². The first-order valence-electron chi connectivity index (χ1n) is 7.05. The average molecular weight is 301 g/mol. The molecule has 2 aliphatic heterocycles. The highest BCUT2D eigenvalue weighted by atomic mass is 19.4. The molecular weight excluding hydrogens is 287 g/mol. The summed E-state index contributed by atoms with van der Waals surface area (Å²) in [5.41, 5.74) is 0.181. The van der Waals surface area contributed by atoms with E-state index in [-0.39, 0.29) is 5.69 Å². The molecule has 1 aromatic rings. The number of nitrogens with zero attached hydrogens (tertiary/aromatic N) is 3. The zero-order valence-electron chi connectivity index (χ0n) is 11.1. The largest absolute Gasteiger partial charge is 0.478 e. The van der Waals surface area contributed by atoms with Gasteiger partial charge in [-0.15, -0.1) is 0 Å². The molecule has 0 spiro atoms. The number of amides is 1. The molecule has 114 valence electrons. The molecule has 3 atom stereocenters. The van der Waals surface area contributed by atoms with E-state index in [9.17, 15) is 18.0 Å². The molecule has 2 fully saturated rings. The summed E-state index contributed by atoms with van der Waals surface area (Å²) in [5, 5.41) is 4.15. The Morgan fingerprint density at radius 3 is 2.86 bits per heavy atom. The zero-order valence-corrected chi connectivity index (χ0v) is 11.1. The standard InChI is InChI=1S/C13H14F3N3O2/c14-13(15,16)10-7-2-4-18(11(7)10)12(20)8-6-9-19(17-8)3-1-5-21-9/h6-7,10-11H,1-5H2. The van der Waals surface area contributed by atoms with Crippen molar-refractivity contribution >= 4 is 5.91 Å². The normalized spacial score (nSPS) is 30.6. The lowest BCUT2D eigenvalue weighted by Gasteiger charge is -2.20. The number of halogens is 3. The van der Waals surface area contributed by atoms with Crippen LogP contribution in [0, 0.1) is 11.8 Å². The number of alkyl halides is 3. The smallest absolute Gasteiger partial charge is 0.394 e. The van der Waals surface area contributed by atoms with Crippen LogP contribution in [0.3, 0.4) is 0 Å². The molecule has 1 aliphatic carbocycles. The van der Waals surface area contributed by atoms with Gasteiger partial charge in [0.15, 0.2) is 5.69 Å². The number of hydrogen-bond acceptors (Lipinski definition) is 3. The fourth-order valence-corrected chi connectivity index (χ4v) is 3.56. The summed E-state index contributed by atoms with van der Waals surface area (Å²) in [6, 6.07) is 0.830. The predicted molar refractivity (Wildman–Crippen MR) is 64.8 cm³/mol. The molecule has 1 saturated carbocycles. The van der Waals surface area contributed by atoms with Crippen molar-refractivity contribution in [3.05, 3.63) is 11.8 Å². The summed E-state index contributed by atoms with van der Waals surface area (Å²) in [6.45, 7) is 1.62. The van der Waals surface area contributed by atoms with E-state index >= 15 is 0 Å². The van der Waals surface area contributed by atoms with Gasteiger partial charge in [0.2, 0.25) is 5.88 Å². The number of carbonyl (C=O) groups excluding carboxylic acids is 1. The monoisotopic (exact) mass is 301 g/mol. The Labute approximate surface area is 118 Å². The van der Waals surface area contributed by atoms with E-state index in [1.807, 2.05) is 0 Å². The fourth-order valence-electron chi connectivity index (χ4n) is 3.56. The lowest BCUT2D eigenvalue weighted by molar-refractivity contribution is -0.156. The lowest BCUT2D eigenvalue weighted by Crippen LogP contribution is -2.35. The Bertz CT molecular complexity index is 574. The molecule has 3 heterocycles. The number of likely N-dealkylation sites (tertiary alicyclic amines) is 1. The Morgan fingerprint density at radius 2 is 2.19 bits per heavy atom. The van der Waals surface area contributed by atoms with E-state index in [0.29, 0.717) is 32.0 Å². The number of fused-ring (bicyclic) bond motifs is 2. The maximum absolute atomic E-state index is 12.8. The van der Waals surface area contributed by atoms with Gasteiger partial charge in [-0.3, -0.25) is 4.79 Å². The van der Waals surface area contributed by atoms with Gasteiger partial charge in [-0.05, 0) is 12.3 Å². The van der Waals surface area contributed by atoms with Crippen LogP contribution in [0.5, 0.6) is 5.88 Å². The first kappa shape index (κ1) is 13.0. The number of rotatable bonds is 1. The topological polar surface area (TPSA) is 47.4 Å². The van der Waals surface area contributed by atoms with Crippen LogP contribution in [0.15, 0.2) is 6.07 Å². The number of aryl methyl sites for hydroxylation is 1. The molecule has 21 heavy (non-hydrogen) atoms. The molecule has 5 nitrogen and oxygen atoms in total. The molecule has 0 aromatic carbocycles. The number of carbonyl (C=O) groups is 1. The van der Waals surface area contributed by atoms with Crippen molar-refractivity contribution in [3.63, 3.8) is 0 Å². The van der Waals surface area contributed by atoms with Gasteiger partial charge in [0.25, 0.3) is 5.91 Å². The van der Waals surface area contributed by atoms with Gasteiger partial charge in [-0.2, -0.15) is 18.3 Å². The summed E-state index contributed by atoms with van der Waals surface area (Å²) in [4.78, 5) is 13.7. The molecule has 1 amide bonds. The summed E-state index contributed by atoms with van der Waals surface area (Å²) in [7, 11) is 0. The van der Waals surface area contributed by atoms with Gasteiger partial charge in [0, 0.05) is 31.6 Å². The summed E-state index contributed by atoms with van der Waals surface area (Å²) in [5.74, 6) is -1.69. The highest BCUT2D eigenvalue weighted by Crippen LogP contribution is 2.58. The average Bonchev–Trinajstić information content (AvgIpc) is 2.83. The van der Waals surface area contributed by atoms with Gasteiger partial charge >= 0.3 is 6.18 Å². The Kier molecular flexibility index (Phi) is 2.56. The second-order valence-electron chi connectivity index (χ2n) is 5.80. The van der Waals surface area contributed by atoms with Crippen LogP contribution in [-0.4, -0.2) is 46.0 Å². The first-order valence-corrected chi connectivity index (χ1v) is 7.05. The Hall–Kier alpha value is -1.73. The minimum absolute atomic E-state index is 0.181. The summed E-state index contributed by atoms with van der Waals surface area (Å²) >= 11 is 0. The second-order valence-corrected chi connectivity index (χ2v) is 5.80. The van der Waals surface area contributed by atoms with Gasteiger partial charge < -0.3 is 9.64 Å². The van der Waals surface area contributed by atoms with E-state index in [2.05, 4.69) is 5.10 Å². The van der Waals surface area contributed by atoms with Crippen LogP contribution >= 0.6 is 0 Å². The van der Waals surface area contributed by atoms with Crippen molar-refractivity contribution in [2.24, 2.45) is 11.8 Å². The van der Waals surface area contributed by atoms with Crippen molar-refractivity contribution in [2.75, 3.05) is 13.2 Å². The molecule has 3 unspecified atom stereocenters. The van der Waals surface area contributed by atoms with Gasteiger partial charge in [0.05, 0.1) is 12.5 Å². The molecule has 0 radical (unpaired) electrons. The van der Waals surface area contributed by atoms with Crippen LogP contribution in [-0.2, 0) is 6.54 Å². The first-order chi connectivity index (χ1) is 9.97. The third kappa shape index (κ3) is 1.91. The minimum Gasteiger partial charge on any atom is -0.478 e. The van der Waals surface area contributed by atoms with Gasteiger partial charge in [-0.1, -0.05) is 0 Å². The molecule has 4 rings (SSSR count). The number of ether oxygens (including phenoxy) is 1. The third-order valence-corrected chi connectivity index (χ3v) is 4.56. The predicted octanol–water partition coefficient (Wildman–Crippen LogP) is 1.69. The van der Waals surface area contributed by atoms with E-state index in [0.717, 1.165) is 6.42 Å². The molecule has 0 N–H and O–H groups in total. The van der Waals surface area contributed by atoms with E-state index < -0.39 is 30.0 Å². The van der Waals surface area contributed by atoms with Crippen LogP contribution < -0.4 is 4.74 Å². The third-order valence-electron chi connectivity index (χ3n) is 4.56. The molecule has 3 aliphatic rings. The molecular formula is C13H14F3N3O2. The highest BCUT2D eigenvalue weighted by molar-refractivity contribution is 5.93. The van der Waals surface area contributed by atoms with E-state index in [1.165, 1.54) is 11.0 Å². The van der Waals surface area contributed by atoms with Crippen molar-refractivity contribution in [1.29, 1.82) is 0 Å². The molecule has 8 heteroatoms. The number of hydrogen-bond donors (Lipinski definition) is 0. The number of piperidine rings is 1. The van der Waals surface area contributed by atoms with Crippen LogP contribution in [0.1, 0.15) is 23.3 Å². The quantitative estimate of drug-likeness (QED) is 0.793.